The molecule has 0 aliphatic rings. The van der Waals surface area contributed by atoms with Gasteiger partial charge in [-0.1, -0.05) is 35.9 Å². The first-order chi connectivity index (χ1) is 9.47. The molecule has 2 nitrogen and oxygen atoms in total. The van der Waals surface area contributed by atoms with Gasteiger partial charge in [-0.2, -0.15) is 0 Å². The zero-order chi connectivity index (χ0) is 14.7. The van der Waals surface area contributed by atoms with Crippen molar-refractivity contribution in [1.82, 2.24) is 0 Å². The highest BCUT2D eigenvalue weighted by molar-refractivity contribution is 5.40. The van der Waals surface area contributed by atoms with Crippen LogP contribution < -0.4 is 10.5 Å². The molecule has 0 bridgehead atoms. The summed E-state index contributed by atoms with van der Waals surface area (Å²) in [7, 11) is 0. The van der Waals surface area contributed by atoms with E-state index in [1.807, 2.05) is 38.1 Å². The Morgan fingerprint density at radius 2 is 1.60 bits per heavy atom. The third-order valence-corrected chi connectivity index (χ3v) is 3.37. The van der Waals surface area contributed by atoms with Crippen LogP contribution in [0.2, 0.25) is 0 Å². The third-order valence-electron chi connectivity index (χ3n) is 3.37. The molecule has 1 atom stereocenters. The first-order valence-electron chi connectivity index (χ1n) is 7.06. The van der Waals surface area contributed by atoms with E-state index in [9.17, 15) is 0 Å². The van der Waals surface area contributed by atoms with Gasteiger partial charge < -0.3 is 10.5 Å². The van der Waals surface area contributed by atoms with Crippen molar-refractivity contribution < 1.29 is 4.74 Å². The van der Waals surface area contributed by atoms with Crippen LogP contribution in [0.4, 0.5) is 0 Å². The van der Waals surface area contributed by atoms with Crippen molar-refractivity contribution in [3.63, 3.8) is 0 Å². The maximum Gasteiger partial charge on any atom is 0.119 e. The second-order valence-corrected chi connectivity index (χ2v) is 5.57. The van der Waals surface area contributed by atoms with Gasteiger partial charge in [0.25, 0.3) is 0 Å². The van der Waals surface area contributed by atoms with Gasteiger partial charge >= 0.3 is 0 Å². The van der Waals surface area contributed by atoms with Crippen molar-refractivity contribution in [1.29, 1.82) is 0 Å². The second kappa shape index (κ2) is 6.10. The molecule has 2 heteroatoms. The Labute approximate surface area is 121 Å². The summed E-state index contributed by atoms with van der Waals surface area (Å²) in [6, 6.07) is 14.4. The molecule has 1 unspecified atom stereocenters. The summed E-state index contributed by atoms with van der Waals surface area (Å²) in [6.45, 7) is 8.25. The summed E-state index contributed by atoms with van der Waals surface area (Å²) >= 11 is 0. The van der Waals surface area contributed by atoms with E-state index in [0.29, 0.717) is 0 Å². The van der Waals surface area contributed by atoms with Gasteiger partial charge in [0.15, 0.2) is 0 Å². The molecule has 0 aliphatic carbocycles. The summed E-state index contributed by atoms with van der Waals surface area (Å²) < 4.78 is 5.65. The minimum atomic E-state index is -0.0938. The van der Waals surface area contributed by atoms with E-state index in [2.05, 4.69) is 32.0 Å². The molecule has 0 heterocycles. The molecule has 0 amide bonds. The van der Waals surface area contributed by atoms with Crippen molar-refractivity contribution >= 4 is 0 Å². The molecule has 0 spiro atoms. The van der Waals surface area contributed by atoms with Crippen LogP contribution in [0.5, 0.6) is 5.75 Å². The molecule has 0 saturated heterocycles. The number of nitrogens with two attached hydrogens (primary N) is 1. The Bertz CT molecular complexity index is 572. The first kappa shape index (κ1) is 14.6. The highest BCUT2D eigenvalue weighted by atomic mass is 16.5. The lowest BCUT2D eigenvalue weighted by molar-refractivity contribution is 0.242. The van der Waals surface area contributed by atoms with E-state index >= 15 is 0 Å². The monoisotopic (exact) mass is 269 g/mol. The third kappa shape index (κ3) is 3.40. The van der Waals surface area contributed by atoms with Crippen LogP contribution in [0.15, 0.2) is 42.5 Å². The Morgan fingerprint density at radius 3 is 2.15 bits per heavy atom. The van der Waals surface area contributed by atoms with Gasteiger partial charge in [0.2, 0.25) is 0 Å². The molecule has 2 aromatic rings. The van der Waals surface area contributed by atoms with Crippen molar-refractivity contribution in [3.8, 4) is 5.75 Å². The smallest absolute Gasteiger partial charge is 0.119 e. The average molecular weight is 269 g/mol. The zero-order valence-corrected chi connectivity index (χ0v) is 12.7. The van der Waals surface area contributed by atoms with E-state index in [-0.39, 0.29) is 12.1 Å². The molecule has 0 aliphatic heterocycles. The average Bonchev–Trinajstić information content (AvgIpc) is 2.38. The highest BCUT2D eigenvalue weighted by Gasteiger charge is 2.11. The fraction of sp³-hybridized carbons (Fsp3) is 0.333. The molecule has 2 aromatic carbocycles. The van der Waals surface area contributed by atoms with Crippen LogP contribution in [-0.2, 0) is 0 Å². The number of hydrogen-bond donors (Lipinski definition) is 1. The van der Waals surface area contributed by atoms with Gasteiger partial charge in [-0.3, -0.25) is 0 Å². The van der Waals surface area contributed by atoms with E-state index in [1.165, 1.54) is 16.7 Å². The van der Waals surface area contributed by atoms with Gasteiger partial charge in [-0.05, 0) is 56.5 Å². The fourth-order valence-corrected chi connectivity index (χ4v) is 2.38. The molecular weight excluding hydrogens is 246 g/mol. The summed E-state index contributed by atoms with van der Waals surface area (Å²) in [4.78, 5) is 0. The standard InChI is InChI=1S/C18H23NO/c1-12(2)20-16-8-6-15(7-9-16)18(19)17-10-5-13(3)11-14(17)4/h5-12,18H,19H2,1-4H3. The summed E-state index contributed by atoms with van der Waals surface area (Å²) in [6.07, 6.45) is 0.189. The summed E-state index contributed by atoms with van der Waals surface area (Å²) in [5.74, 6) is 0.886. The quantitative estimate of drug-likeness (QED) is 0.905. The lowest BCUT2D eigenvalue weighted by Crippen LogP contribution is -2.13. The largest absolute Gasteiger partial charge is 0.491 e. The molecule has 2 rings (SSSR count). The Hall–Kier alpha value is -1.80. The van der Waals surface area contributed by atoms with Crippen LogP contribution in [-0.4, -0.2) is 6.10 Å². The number of hydrogen-bond acceptors (Lipinski definition) is 2. The van der Waals surface area contributed by atoms with E-state index in [4.69, 9.17) is 10.5 Å². The molecule has 0 aromatic heterocycles. The Balaban J connectivity index is 2.22. The summed E-state index contributed by atoms with van der Waals surface area (Å²) in [5, 5.41) is 0. The normalized spacial score (nSPS) is 12.5. The molecule has 106 valence electrons. The van der Waals surface area contributed by atoms with Crippen LogP contribution in [0.3, 0.4) is 0 Å². The maximum atomic E-state index is 6.38. The number of ether oxygens (including phenoxy) is 1. The SMILES string of the molecule is Cc1ccc(C(N)c2ccc(OC(C)C)cc2)c(C)c1. The predicted molar refractivity (Wildman–Crippen MR) is 84.2 cm³/mol. The van der Waals surface area contributed by atoms with Gasteiger partial charge in [-0.25, -0.2) is 0 Å². The van der Waals surface area contributed by atoms with Gasteiger partial charge in [0.1, 0.15) is 5.75 Å². The van der Waals surface area contributed by atoms with Gasteiger partial charge in [0, 0.05) is 0 Å². The molecule has 0 saturated carbocycles. The van der Waals surface area contributed by atoms with Crippen molar-refractivity contribution in [2.75, 3.05) is 0 Å². The predicted octanol–water partition coefficient (Wildman–Crippen LogP) is 4.14. The van der Waals surface area contributed by atoms with Crippen LogP contribution in [0, 0.1) is 13.8 Å². The van der Waals surface area contributed by atoms with E-state index in [0.717, 1.165) is 11.3 Å². The molecule has 0 fully saturated rings. The van der Waals surface area contributed by atoms with Crippen molar-refractivity contribution in [2.45, 2.75) is 39.8 Å². The Kier molecular flexibility index (Phi) is 4.46. The van der Waals surface area contributed by atoms with Crippen molar-refractivity contribution in [2.24, 2.45) is 5.73 Å². The minimum Gasteiger partial charge on any atom is -0.491 e. The molecular formula is C18H23NO. The topological polar surface area (TPSA) is 35.2 Å². The zero-order valence-electron chi connectivity index (χ0n) is 12.7. The number of aryl methyl sites for hydroxylation is 2. The molecule has 0 radical (unpaired) electrons. The highest BCUT2D eigenvalue weighted by Crippen LogP contribution is 2.25. The first-order valence-corrected chi connectivity index (χ1v) is 7.06. The Morgan fingerprint density at radius 1 is 0.950 bits per heavy atom. The molecule has 20 heavy (non-hydrogen) atoms. The number of benzene rings is 2. The van der Waals surface area contributed by atoms with Gasteiger partial charge in [0.05, 0.1) is 12.1 Å². The van der Waals surface area contributed by atoms with Crippen LogP contribution in [0.25, 0.3) is 0 Å². The second-order valence-electron chi connectivity index (χ2n) is 5.57. The van der Waals surface area contributed by atoms with E-state index in [1.54, 1.807) is 0 Å². The lowest BCUT2D eigenvalue weighted by atomic mass is 9.94. The van der Waals surface area contributed by atoms with Crippen LogP contribution >= 0.6 is 0 Å². The lowest BCUT2D eigenvalue weighted by Gasteiger charge is -2.17. The van der Waals surface area contributed by atoms with Crippen molar-refractivity contribution in [3.05, 3.63) is 64.7 Å². The minimum absolute atomic E-state index is 0.0938. The molecule has 2 N–H and O–H groups in total. The van der Waals surface area contributed by atoms with Gasteiger partial charge in [-0.15, -0.1) is 0 Å². The number of rotatable bonds is 4. The summed E-state index contributed by atoms with van der Waals surface area (Å²) in [5.41, 5.74) is 11.2. The van der Waals surface area contributed by atoms with E-state index < -0.39 is 0 Å². The maximum absolute atomic E-state index is 6.38. The fourth-order valence-electron chi connectivity index (χ4n) is 2.38. The van der Waals surface area contributed by atoms with Crippen LogP contribution in [0.1, 0.15) is 42.1 Å².